The molecule has 3 heterocycles. The van der Waals surface area contributed by atoms with Gasteiger partial charge in [-0.05, 0) is 43.8 Å². The van der Waals surface area contributed by atoms with Crippen LogP contribution in [0.4, 0.5) is 5.69 Å². The Bertz CT molecular complexity index is 1070. The molecule has 7 heteroatoms. The van der Waals surface area contributed by atoms with Crippen molar-refractivity contribution >= 4 is 35.0 Å². The lowest BCUT2D eigenvalue weighted by Crippen LogP contribution is -2.37. The van der Waals surface area contributed by atoms with Crippen LogP contribution in [-0.4, -0.2) is 23.0 Å². The van der Waals surface area contributed by atoms with Crippen LogP contribution in [0.25, 0.3) is 0 Å². The molecule has 0 spiro atoms. The molecule has 0 aliphatic carbocycles. The highest BCUT2D eigenvalue weighted by Gasteiger charge is 2.41. The monoisotopic (exact) mass is 389 g/mol. The van der Waals surface area contributed by atoms with Crippen molar-refractivity contribution in [3.8, 4) is 6.07 Å². The summed E-state index contributed by atoms with van der Waals surface area (Å²) in [6.45, 7) is 5.81. The number of thiophene rings is 1. The first-order valence-corrected chi connectivity index (χ1v) is 9.82. The van der Waals surface area contributed by atoms with Gasteiger partial charge in [-0.3, -0.25) is 4.79 Å². The van der Waals surface area contributed by atoms with Crippen LogP contribution >= 0.6 is 11.3 Å². The number of aliphatic imine (C=N–C) groups is 1. The Labute approximate surface area is 167 Å². The number of nitrogens with one attached hydrogen (secondary N) is 1. The van der Waals surface area contributed by atoms with Crippen molar-refractivity contribution in [3.63, 3.8) is 0 Å². The van der Waals surface area contributed by atoms with Crippen molar-refractivity contribution in [2.24, 2.45) is 16.0 Å². The number of rotatable bonds is 3. The van der Waals surface area contributed by atoms with Gasteiger partial charge in [0.15, 0.2) is 0 Å². The van der Waals surface area contributed by atoms with Gasteiger partial charge in [0.25, 0.3) is 5.91 Å². The molecule has 2 aliphatic rings. The van der Waals surface area contributed by atoms with Crippen LogP contribution in [0.3, 0.4) is 0 Å². The molecule has 0 fully saturated rings. The normalized spacial score (nSPS) is 20.6. The highest BCUT2D eigenvalue weighted by molar-refractivity contribution is 7.10. The van der Waals surface area contributed by atoms with E-state index in [9.17, 15) is 10.1 Å². The maximum absolute atomic E-state index is 13.3. The fourth-order valence-corrected chi connectivity index (χ4v) is 4.33. The second-order valence-electron chi connectivity index (χ2n) is 6.88. The molecule has 1 amide bonds. The molecule has 0 radical (unpaired) electrons. The second-order valence-corrected chi connectivity index (χ2v) is 7.85. The summed E-state index contributed by atoms with van der Waals surface area (Å²) < 4.78 is 0. The first kappa shape index (κ1) is 18.1. The van der Waals surface area contributed by atoms with Gasteiger partial charge in [-0.25, -0.2) is 10.0 Å². The number of nitriles is 1. The van der Waals surface area contributed by atoms with E-state index < -0.39 is 12.0 Å². The number of amidine groups is 1. The van der Waals surface area contributed by atoms with E-state index in [0.29, 0.717) is 17.1 Å². The summed E-state index contributed by atoms with van der Waals surface area (Å²) in [5.41, 5.74) is 4.07. The van der Waals surface area contributed by atoms with Crippen LogP contribution in [-0.2, 0) is 4.79 Å². The molecule has 2 aliphatic heterocycles. The van der Waals surface area contributed by atoms with E-state index in [1.165, 1.54) is 0 Å². The number of allylic oxidation sites excluding steroid dienone is 1. The minimum atomic E-state index is -0.499. The van der Waals surface area contributed by atoms with Gasteiger partial charge in [0.05, 0.1) is 17.3 Å². The van der Waals surface area contributed by atoms with Gasteiger partial charge in [-0.15, -0.1) is 11.3 Å². The van der Waals surface area contributed by atoms with Gasteiger partial charge in [-0.1, -0.05) is 23.8 Å². The zero-order chi connectivity index (χ0) is 19.8. The average Bonchev–Trinajstić information content (AvgIpc) is 3.32. The number of hydrazone groups is 1. The van der Waals surface area contributed by atoms with E-state index >= 15 is 0 Å². The lowest BCUT2D eigenvalue weighted by atomic mass is 9.98. The SMILES string of the molecule is CC1=C(C(=O)Nc2ccc(C)cc2C)C(c2cccs2)N2N=CC(C#N)C2=N1. The largest absolute Gasteiger partial charge is 0.322 e. The van der Waals surface area contributed by atoms with Gasteiger partial charge in [0.1, 0.15) is 17.8 Å². The number of aryl methyl sites for hydroxylation is 2. The molecular weight excluding hydrogens is 370 g/mol. The van der Waals surface area contributed by atoms with E-state index in [-0.39, 0.29) is 5.91 Å². The number of nitrogens with zero attached hydrogens (tertiary/aromatic N) is 4. The van der Waals surface area contributed by atoms with Crippen LogP contribution in [0.1, 0.15) is 29.0 Å². The molecule has 0 saturated heterocycles. The van der Waals surface area contributed by atoms with Crippen LogP contribution in [0.2, 0.25) is 0 Å². The summed E-state index contributed by atoms with van der Waals surface area (Å²) in [4.78, 5) is 18.8. The number of benzene rings is 1. The maximum atomic E-state index is 13.3. The molecular formula is C21H19N5OS. The third-order valence-electron chi connectivity index (χ3n) is 4.87. The Kier molecular flexibility index (Phi) is 4.57. The molecule has 140 valence electrons. The van der Waals surface area contributed by atoms with E-state index in [4.69, 9.17) is 0 Å². The predicted molar refractivity (Wildman–Crippen MR) is 111 cm³/mol. The summed E-state index contributed by atoms with van der Waals surface area (Å²) in [5, 5.41) is 20.5. The molecule has 4 rings (SSSR count). The highest BCUT2D eigenvalue weighted by atomic mass is 32.1. The number of hydrogen-bond acceptors (Lipinski definition) is 6. The van der Waals surface area contributed by atoms with E-state index in [1.807, 2.05) is 56.5 Å². The molecule has 1 aromatic heterocycles. The van der Waals surface area contributed by atoms with Crippen molar-refractivity contribution in [1.82, 2.24) is 5.01 Å². The Morgan fingerprint density at radius 3 is 2.79 bits per heavy atom. The first-order valence-electron chi connectivity index (χ1n) is 8.94. The van der Waals surface area contributed by atoms with Gasteiger partial charge in [-0.2, -0.15) is 10.4 Å². The van der Waals surface area contributed by atoms with Gasteiger partial charge in [0.2, 0.25) is 0 Å². The van der Waals surface area contributed by atoms with E-state index in [1.54, 1.807) is 22.6 Å². The lowest BCUT2D eigenvalue weighted by Gasteiger charge is -2.32. The van der Waals surface area contributed by atoms with Crippen LogP contribution in [0.5, 0.6) is 0 Å². The molecule has 1 aromatic carbocycles. The Morgan fingerprint density at radius 2 is 2.11 bits per heavy atom. The summed E-state index contributed by atoms with van der Waals surface area (Å²) in [7, 11) is 0. The number of carbonyl (C=O) groups excluding carboxylic acids is 1. The molecule has 2 atom stereocenters. The van der Waals surface area contributed by atoms with Gasteiger partial charge < -0.3 is 5.32 Å². The minimum Gasteiger partial charge on any atom is -0.322 e. The lowest BCUT2D eigenvalue weighted by molar-refractivity contribution is -0.113. The standard InChI is InChI=1S/C21H19N5OS/c1-12-6-7-16(13(2)9-12)25-21(27)18-14(3)24-20-15(10-22)11-23-26(20)19(18)17-5-4-8-28-17/h4-9,11,15,19H,1-3H3,(H,25,27). The van der Waals surface area contributed by atoms with Gasteiger partial charge in [0, 0.05) is 16.8 Å². The van der Waals surface area contributed by atoms with Crippen LogP contribution in [0.15, 0.2) is 57.1 Å². The Morgan fingerprint density at radius 1 is 1.29 bits per heavy atom. The highest BCUT2D eigenvalue weighted by Crippen LogP contribution is 2.40. The average molecular weight is 389 g/mol. The zero-order valence-corrected chi connectivity index (χ0v) is 16.6. The summed E-state index contributed by atoms with van der Waals surface area (Å²) >= 11 is 1.55. The van der Waals surface area contributed by atoms with Crippen molar-refractivity contribution in [2.45, 2.75) is 26.8 Å². The van der Waals surface area contributed by atoms with Crippen molar-refractivity contribution in [3.05, 3.63) is 63.0 Å². The summed E-state index contributed by atoms with van der Waals surface area (Å²) in [6.07, 6.45) is 1.58. The zero-order valence-electron chi connectivity index (χ0n) is 15.8. The fourth-order valence-electron chi connectivity index (χ4n) is 3.51. The van der Waals surface area contributed by atoms with Crippen LogP contribution in [0, 0.1) is 31.1 Å². The minimum absolute atomic E-state index is 0.207. The van der Waals surface area contributed by atoms with Crippen molar-refractivity contribution < 1.29 is 4.79 Å². The maximum Gasteiger partial charge on any atom is 0.256 e. The third kappa shape index (κ3) is 3.02. The van der Waals surface area contributed by atoms with E-state index in [0.717, 1.165) is 21.7 Å². The molecule has 0 bridgehead atoms. The Balaban J connectivity index is 1.76. The van der Waals surface area contributed by atoms with Crippen molar-refractivity contribution in [2.75, 3.05) is 5.32 Å². The Hall–Kier alpha value is -3.24. The second kappa shape index (κ2) is 7.06. The predicted octanol–water partition coefficient (Wildman–Crippen LogP) is 4.17. The number of anilines is 1. The van der Waals surface area contributed by atoms with E-state index in [2.05, 4.69) is 21.5 Å². The smallest absolute Gasteiger partial charge is 0.256 e. The third-order valence-corrected chi connectivity index (χ3v) is 5.79. The molecule has 1 N–H and O–H groups in total. The molecule has 28 heavy (non-hydrogen) atoms. The van der Waals surface area contributed by atoms with Crippen molar-refractivity contribution in [1.29, 1.82) is 5.26 Å². The number of carbonyl (C=O) groups is 1. The quantitative estimate of drug-likeness (QED) is 0.855. The van der Waals surface area contributed by atoms with Gasteiger partial charge >= 0.3 is 0 Å². The number of amides is 1. The van der Waals surface area contributed by atoms with Crippen LogP contribution < -0.4 is 5.32 Å². The summed E-state index contributed by atoms with van der Waals surface area (Å²) in [5.74, 6) is -0.135. The molecule has 2 unspecified atom stereocenters. The fraction of sp³-hybridized carbons (Fsp3) is 0.238. The number of fused-ring (bicyclic) bond motifs is 1. The molecule has 6 nitrogen and oxygen atoms in total. The molecule has 0 saturated carbocycles. The first-order chi connectivity index (χ1) is 13.5. The molecule has 2 aromatic rings. The summed E-state index contributed by atoms with van der Waals surface area (Å²) in [6, 6.07) is 11.7. The topological polar surface area (TPSA) is 80.9 Å². The number of hydrogen-bond donors (Lipinski definition) is 1.